The van der Waals surface area contributed by atoms with E-state index in [4.69, 9.17) is 18.0 Å². The van der Waals surface area contributed by atoms with Crippen LogP contribution in [0.25, 0.3) is 0 Å². The van der Waals surface area contributed by atoms with Gasteiger partial charge in [-0.2, -0.15) is 0 Å². The Hall–Kier alpha value is -1.17. The van der Waals surface area contributed by atoms with E-state index in [1.165, 1.54) is 0 Å². The fourth-order valence-corrected chi connectivity index (χ4v) is 2.30. The quantitative estimate of drug-likeness (QED) is 0.692. The molecule has 0 radical (unpaired) electrons. The minimum atomic E-state index is -0.476. The van der Waals surface area contributed by atoms with Crippen LogP contribution in [0.4, 0.5) is 0 Å². The van der Waals surface area contributed by atoms with Gasteiger partial charge in [0.15, 0.2) is 0 Å². The minimum absolute atomic E-state index is 0.0475. The molecular formula is C11H19N3O2S. The largest absolute Gasteiger partial charge is 0.393 e. The normalized spacial score (nSPS) is 18.5. The Morgan fingerprint density at radius 3 is 2.71 bits per heavy atom. The molecule has 1 aliphatic rings. The van der Waals surface area contributed by atoms with E-state index in [1.807, 2.05) is 13.8 Å². The predicted molar refractivity (Wildman–Crippen MR) is 69.3 cm³/mol. The molecule has 6 heteroatoms. The van der Waals surface area contributed by atoms with E-state index in [0.717, 1.165) is 6.42 Å². The maximum Gasteiger partial charge on any atom is 0.239 e. The highest BCUT2D eigenvalue weighted by molar-refractivity contribution is 7.80. The molecule has 0 aliphatic carbocycles. The van der Waals surface area contributed by atoms with Crippen molar-refractivity contribution in [3.8, 4) is 0 Å². The summed E-state index contributed by atoms with van der Waals surface area (Å²) in [7, 11) is 0. The van der Waals surface area contributed by atoms with Crippen LogP contribution in [0.3, 0.4) is 0 Å². The molecule has 1 heterocycles. The second-order valence-electron chi connectivity index (χ2n) is 4.59. The third-order valence-electron chi connectivity index (χ3n) is 2.81. The summed E-state index contributed by atoms with van der Waals surface area (Å²) in [5.74, 6) is -0.687. The molecule has 0 saturated carbocycles. The van der Waals surface area contributed by atoms with Gasteiger partial charge in [-0.05, 0) is 12.3 Å². The summed E-state index contributed by atoms with van der Waals surface area (Å²) in [6.07, 6.45) is 0.764. The van der Waals surface area contributed by atoms with Crippen molar-refractivity contribution >= 4 is 29.0 Å². The van der Waals surface area contributed by atoms with Crippen LogP contribution in [0.15, 0.2) is 0 Å². The molecule has 1 saturated heterocycles. The smallest absolute Gasteiger partial charge is 0.239 e. The molecule has 0 aromatic rings. The molecule has 1 atom stereocenters. The van der Waals surface area contributed by atoms with Crippen molar-refractivity contribution in [3.05, 3.63) is 0 Å². The molecule has 1 unspecified atom stereocenters. The van der Waals surface area contributed by atoms with Gasteiger partial charge in [-0.1, -0.05) is 26.1 Å². The number of nitrogens with one attached hydrogen (secondary N) is 1. The third kappa shape index (κ3) is 3.66. The van der Waals surface area contributed by atoms with Gasteiger partial charge in [-0.3, -0.25) is 9.59 Å². The van der Waals surface area contributed by atoms with Crippen LogP contribution >= 0.6 is 12.2 Å². The Bertz CT molecular complexity index is 331. The molecular weight excluding hydrogens is 238 g/mol. The second kappa shape index (κ2) is 5.95. The highest BCUT2D eigenvalue weighted by Crippen LogP contribution is 2.15. The van der Waals surface area contributed by atoms with Gasteiger partial charge >= 0.3 is 0 Å². The first kappa shape index (κ1) is 13.9. The van der Waals surface area contributed by atoms with Crippen molar-refractivity contribution in [1.82, 2.24) is 10.2 Å². The maximum atomic E-state index is 12.3. The number of nitrogens with two attached hydrogens (primary N) is 1. The number of thiocarbonyl (C=S) groups is 1. The van der Waals surface area contributed by atoms with Crippen molar-refractivity contribution in [2.75, 3.05) is 19.6 Å². The number of carbonyl (C=O) groups is 2. The lowest BCUT2D eigenvalue weighted by Gasteiger charge is -2.26. The molecule has 0 spiro atoms. The van der Waals surface area contributed by atoms with Gasteiger partial charge in [0.1, 0.15) is 0 Å². The average molecular weight is 257 g/mol. The molecule has 0 bridgehead atoms. The SMILES string of the molecule is CC(C)C(C(=O)N1CCCNC(=O)C1)C(N)=S. The Morgan fingerprint density at radius 1 is 1.53 bits per heavy atom. The molecule has 2 amide bonds. The van der Waals surface area contributed by atoms with E-state index in [2.05, 4.69) is 5.32 Å². The molecule has 1 aliphatic heterocycles. The van der Waals surface area contributed by atoms with Crippen LogP contribution < -0.4 is 11.1 Å². The molecule has 1 rings (SSSR count). The lowest BCUT2D eigenvalue weighted by molar-refractivity contribution is -0.137. The van der Waals surface area contributed by atoms with E-state index < -0.39 is 5.92 Å². The zero-order valence-electron chi connectivity index (χ0n) is 10.2. The summed E-state index contributed by atoms with van der Waals surface area (Å²) in [5.41, 5.74) is 5.60. The fraction of sp³-hybridized carbons (Fsp3) is 0.727. The lowest BCUT2D eigenvalue weighted by Crippen LogP contribution is -2.46. The van der Waals surface area contributed by atoms with Crippen LogP contribution in [-0.4, -0.2) is 41.3 Å². The fourth-order valence-electron chi connectivity index (χ4n) is 1.93. The molecule has 17 heavy (non-hydrogen) atoms. The van der Waals surface area contributed by atoms with Gasteiger partial charge in [0.2, 0.25) is 11.8 Å². The van der Waals surface area contributed by atoms with Gasteiger partial charge in [0.05, 0.1) is 17.5 Å². The Labute approximate surface area is 107 Å². The number of amides is 2. The van der Waals surface area contributed by atoms with Gasteiger partial charge in [0, 0.05) is 13.1 Å². The van der Waals surface area contributed by atoms with Gasteiger partial charge < -0.3 is 16.0 Å². The number of hydrogen-bond acceptors (Lipinski definition) is 3. The molecule has 0 aromatic carbocycles. The van der Waals surface area contributed by atoms with Crippen molar-refractivity contribution in [3.63, 3.8) is 0 Å². The average Bonchev–Trinajstić information content (AvgIpc) is 2.41. The standard InChI is InChI=1S/C11H19N3O2S/c1-7(2)9(10(12)17)11(16)14-5-3-4-13-8(15)6-14/h7,9H,3-6H2,1-2H3,(H2,12,17)(H,13,15). The monoisotopic (exact) mass is 257 g/mol. The summed E-state index contributed by atoms with van der Waals surface area (Å²) in [4.78, 5) is 25.4. The summed E-state index contributed by atoms with van der Waals surface area (Å²) in [6.45, 7) is 5.09. The van der Waals surface area contributed by atoms with Gasteiger partial charge in [-0.15, -0.1) is 0 Å². The molecule has 96 valence electrons. The maximum absolute atomic E-state index is 12.3. The van der Waals surface area contributed by atoms with E-state index >= 15 is 0 Å². The van der Waals surface area contributed by atoms with Gasteiger partial charge in [0.25, 0.3) is 0 Å². The topological polar surface area (TPSA) is 75.4 Å². The van der Waals surface area contributed by atoms with Crippen molar-refractivity contribution in [1.29, 1.82) is 0 Å². The van der Waals surface area contributed by atoms with Crippen molar-refractivity contribution in [2.24, 2.45) is 17.6 Å². The van der Waals surface area contributed by atoms with E-state index in [9.17, 15) is 9.59 Å². The Morgan fingerprint density at radius 2 is 2.18 bits per heavy atom. The van der Waals surface area contributed by atoms with Crippen LogP contribution in [0.2, 0.25) is 0 Å². The van der Waals surface area contributed by atoms with E-state index in [0.29, 0.717) is 13.1 Å². The number of hydrogen-bond donors (Lipinski definition) is 2. The summed E-state index contributed by atoms with van der Waals surface area (Å²) < 4.78 is 0. The molecule has 0 aromatic heterocycles. The molecule has 1 fully saturated rings. The zero-order chi connectivity index (χ0) is 13.0. The highest BCUT2D eigenvalue weighted by Gasteiger charge is 2.30. The Kier molecular flexibility index (Phi) is 4.86. The van der Waals surface area contributed by atoms with E-state index in [1.54, 1.807) is 4.90 Å². The van der Waals surface area contributed by atoms with Crippen LogP contribution in [0.5, 0.6) is 0 Å². The summed E-state index contributed by atoms with van der Waals surface area (Å²) in [5, 5.41) is 2.73. The number of carbonyl (C=O) groups excluding carboxylic acids is 2. The van der Waals surface area contributed by atoms with Crippen molar-refractivity contribution in [2.45, 2.75) is 20.3 Å². The van der Waals surface area contributed by atoms with Gasteiger partial charge in [-0.25, -0.2) is 0 Å². The van der Waals surface area contributed by atoms with Crippen molar-refractivity contribution < 1.29 is 9.59 Å². The Balaban J connectivity index is 2.78. The first-order chi connectivity index (χ1) is 7.93. The summed E-state index contributed by atoms with van der Waals surface area (Å²) in [6, 6.07) is 0. The number of nitrogens with zero attached hydrogens (tertiary/aromatic N) is 1. The zero-order valence-corrected chi connectivity index (χ0v) is 11.0. The highest BCUT2D eigenvalue weighted by atomic mass is 32.1. The predicted octanol–water partition coefficient (Wildman–Crippen LogP) is -0.107. The summed E-state index contributed by atoms with van der Waals surface area (Å²) >= 11 is 4.93. The number of rotatable bonds is 3. The van der Waals surface area contributed by atoms with Crippen LogP contribution in [-0.2, 0) is 9.59 Å². The third-order valence-corrected chi connectivity index (χ3v) is 3.07. The second-order valence-corrected chi connectivity index (χ2v) is 5.06. The first-order valence-electron chi connectivity index (χ1n) is 5.78. The van der Waals surface area contributed by atoms with Crippen LogP contribution in [0, 0.1) is 11.8 Å². The first-order valence-corrected chi connectivity index (χ1v) is 6.19. The minimum Gasteiger partial charge on any atom is -0.393 e. The van der Waals surface area contributed by atoms with E-state index in [-0.39, 0.29) is 29.3 Å². The molecule has 3 N–H and O–H groups in total. The van der Waals surface area contributed by atoms with Crippen LogP contribution in [0.1, 0.15) is 20.3 Å². The lowest BCUT2D eigenvalue weighted by atomic mass is 9.94. The molecule has 5 nitrogen and oxygen atoms in total.